The van der Waals surface area contributed by atoms with Crippen LogP contribution in [0.25, 0.3) is 11.2 Å². The number of aromatic nitrogens is 4. The first-order chi connectivity index (χ1) is 8.83. The Balaban J connectivity index is 1.76. The number of imidazole rings is 1. The maximum atomic E-state index is 4.51. The molecular formula is C13H17N5. The second-order valence-electron chi connectivity index (χ2n) is 5.54. The summed E-state index contributed by atoms with van der Waals surface area (Å²) in [6.45, 7) is 2.26. The molecule has 0 unspecified atom stereocenters. The zero-order valence-corrected chi connectivity index (χ0v) is 10.5. The number of hydrogen-bond acceptors (Lipinski definition) is 4. The van der Waals surface area contributed by atoms with Crippen LogP contribution in [0.1, 0.15) is 38.6 Å². The number of rotatable bonds is 4. The van der Waals surface area contributed by atoms with Crippen molar-refractivity contribution in [2.45, 2.75) is 44.7 Å². The molecule has 1 N–H and O–H groups in total. The minimum atomic E-state index is 0.499. The van der Waals surface area contributed by atoms with Crippen molar-refractivity contribution < 1.29 is 0 Å². The number of fused-ring (bicyclic) bond motifs is 1. The Morgan fingerprint density at radius 3 is 2.78 bits per heavy atom. The zero-order chi connectivity index (χ0) is 12.1. The summed E-state index contributed by atoms with van der Waals surface area (Å²) < 4.78 is 2.20. The Morgan fingerprint density at radius 2 is 2.06 bits per heavy atom. The van der Waals surface area contributed by atoms with Gasteiger partial charge in [0.05, 0.1) is 6.33 Å². The first kappa shape index (κ1) is 10.3. The molecule has 4 rings (SSSR count). The van der Waals surface area contributed by atoms with E-state index in [2.05, 4.69) is 31.8 Å². The summed E-state index contributed by atoms with van der Waals surface area (Å²) in [5, 5.41) is 3.43. The number of hydrogen-bond donors (Lipinski definition) is 1. The topological polar surface area (TPSA) is 55.6 Å². The van der Waals surface area contributed by atoms with Gasteiger partial charge in [0.1, 0.15) is 11.8 Å². The quantitative estimate of drug-likeness (QED) is 0.895. The van der Waals surface area contributed by atoms with E-state index in [4.69, 9.17) is 0 Å². The SMILES string of the molecule is C[C@H](C1CC1)n1cnc2c(NC3CC3)ncnc21. The van der Waals surface area contributed by atoms with Crippen molar-refractivity contribution in [2.24, 2.45) is 5.92 Å². The Kier molecular flexibility index (Phi) is 2.10. The number of anilines is 1. The van der Waals surface area contributed by atoms with E-state index in [1.807, 2.05) is 6.33 Å². The minimum absolute atomic E-state index is 0.499. The fourth-order valence-electron chi connectivity index (χ4n) is 2.48. The lowest BCUT2D eigenvalue weighted by atomic mass is 10.2. The van der Waals surface area contributed by atoms with E-state index in [1.165, 1.54) is 25.7 Å². The van der Waals surface area contributed by atoms with Crippen LogP contribution in [0.15, 0.2) is 12.7 Å². The fourth-order valence-corrected chi connectivity index (χ4v) is 2.48. The molecule has 2 heterocycles. The molecule has 2 aromatic rings. The molecule has 1 atom stereocenters. The normalized spacial score (nSPS) is 21.2. The first-order valence-electron chi connectivity index (χ1n) is 6.77. The monoisotopic (exact) mass is 243 g/mol. The summed E-state index contributed by atoms with van der Waals surface area (Å²) in [6.07, 6.45) is 8.71. The van der Waals surface area contributed by atoms with Crippen LogP contribution >= 0.6 is 0 Å². The van der Waals surface area contributed by atoms with Crippen LogP contribution in [0.4, 0.5) is 5.82 Å². The van der Waals surface area contributed by atoms with Gasteiger partial charge in [-0.25, -0.2) is 15.0 Å². The van der Waals surface area contributed by atoms with Crippen LogP contribution in [0.5, 0.6) is 0 Å². The number of nitrogens with zero attached hydrogens (tertiary/aromatic N) is 4. The van der Waals surface area contributed by atoms with Crippen molar-refractivity contribution >= 4 is 17.0 Å². The van der Waals surface area contributed by atoms with Crippen molar-refractivity contribution in [1.82, 2.24) is 19.5 Å². The first-order valence-corrected chi connectivity index (χ1v) is 6.77. The van der Waals surface area contributed by atoms with Gasteiger partial charge < -0.3 is 9.88 Å². The van der Waals surface area contributed by atoms with Crippen LogP contribution < -0.4 is 5.32 Å². The second kappa shape index (κ2) is 3.67. The van der Waals surface area contributed by atoms with E-state index < -0.39 is 0 Å². The van der Waals surface area contributed by atoms with E-state index in [9.17, 15) is 0 Å². The molecule has 2 saturated carbocycles. The summed E-state index contributed by atoms with van der Waals surface area (Å²) in [7, 11) is 0. The van der Waals surface area contributed by atoms with Gasteiger partial charge in [0, 0.05) is 12.1 Å². The molecule has 5 nitrogen and oxygen atoms in total. The molecule has 0 aliphatic heterocycles. The summed E-state index contributed by atoms with van der Waals surface area (Å²) in [4.78, 5) is 13.2. The molecule has 18 heavy (non-hydrogen) atoms. The van der Waals surface area contributed by atoms with Gasteiger partial charge in [0.15, 0.2) is 11.5 Å². The highest BCUT2D eigenvalue weighted by Crippen LogP contribution is 2.40. The maximum Gasteiger partial charge on any atom is 0.165 e. The summed E-state index contributed by atoms with van der Waals surface area (Å²) >= 11 is 0. The molecule has 0 amide bonds. The Morgan fingerprint density at radius 1 is 1.22 bits per heavy atom. The summed E-state index contributed by atoms with van der Waals surface area (Å²) in [6, 6.07) is 1.09. The van der Waals surface area contributed by atoms with E-state index >= 15 is 0 Å². The van der Waals surface area contributed by atoms with Crippen molar-refractivity contribution in [3.05, 3.63) is 12.7 Å². The Labute approximate surface area is 106 Å². The lowest BCUT2D eigenvalue weighted by Crippen LogP contribution is -2.08. The Hall–Kier alpha value is -1.65. The smallest absolute Gasteiger partial charge is 0.165 e. The number of nitrogens with one attached hydrogen (secondary N) is 1. The van der Waals surface area contributed by atoms with Crippen molar-refractivity contribution in [3.63, 3.8) is 0 Å². The predicted molar refractivity (Wildman–Crippen MR) is 69.4 cm³/mol. The molecule has 0 bridgehead atoms. The van der Waals surface area contributed by atoms with Gasteiger partial charge in [0.2, 0.25) is 0 Å². The molecule has 2 aliphatic rings. The summed E-state index contributed by atoms with van der Waals surface area (Å²) in [5.74, 6) is 1.70. The molecule has 2 fully saturated rings. The van der Waals surface area contributed by atoms with E-state index in [-0.39, 0.29) is 0 Å². The van der Waals surface area contributed by atoms with Gasteiger partial charge in [-0.2, -0.15) is 0 Å². The third-order valence-corrected chi connectivity index (χ3v) is 4.02. The van der Waals surface area contributed by atoms with E-state index in [0.29, 0.717) is 12.1 Å². The molecule has 0 saturated heterocycles. The van der Waals surface area contributed by atoms with Gasteiger partial charge in [0.25, 0.3) is 0 Å². The van der Waals surface area contributed by atoms with Gasteiger partial charge in [-0.05, 0) is 38.5 Å². The summed E-state index contributed by atoms with van der Waals surface area (Å²) in [5.41, 5.74) is 1.88. The third-order valence-electron chi connectivity index (χ3n) is 4.02. The molecular weight excluding hydrogens is 226 g/mol. The van der Waals surface area contributed by atoms with E-state index in [0.717, 1.165) is 22.9 Å². The van der Waals surface area contributed by atoms with Crippen LogP contribution in [0, 0.1) is 5.92 Å². The van der Waals surface area contributed by atoms with Crippen LogP contribution in [0.3, 0.4) is 0 Å². The van der Waals surface area contributed by atoms with Crippen LogP contribution in [0.2, 0.25) is 0 Å². The molecule has 5 heteroatoms. The fraction of sp³-hybridized carbons (Fsp3) is 0.615. The third kappa shape index (κ3) is 1.65. The lowest BCUT2D eigenvalue weighted by molar-refractivity contribution is 0.495. The predicted octanol–water partition coefficient (Wildman–Crippen LogP) is 2.37. The molecule has 94 valence electrons. The maximum absolute atomic E-state index is 4.51. The zero-order valence-electron chi connectivity index (χ0n) is 10.5. The minimum Gasteiger partial charge on any atom is -0.365 e. The standard InChI is InChI=1S/C13H17N5/c1-8(9-2-3-9)18-7-16-11-12(17-10-4-5-10)14-6-15-13(11)18/h6-10H,2-5H2,1H3,(H,14,15,17)/t8-/m1/s1. The average molecular weight is 243 g/mol. The molecule has 2 aliphatic carbocycles. The van der Waals surface area contributed by atoms with Gasteiger partial charge >= 0.3 is 0 Å². The highest BCUT2D eigenvalue weighted by molar-refractivity contribution is 5.83. The average Bonchev–Trinajstić information content (AvgIpc) is 3.27. The van der Waals surface area contributed by atoms with Crippen molar-refractivity contribution in [3.8, 4) is 0 Å². The lowest BCUT2D eigenvalue weighted by Gasteiger charge is -2.12. The van der Waals surface area contributed by atoms with Crippen LogP contribution in [-0.2, 0) is 0 Å². The molecule has 2 aromatic heterocycles. The Bertz CT molecular complexity index is 582. The molecule has 0 radical (unpaired) electrons. The molecule has 0 spiro atoms. The molecule has 0 aromatic carbocycles. The highest BCUT2D eigenvalue weighted by atomic mass is 15.2. The highest BCUT2D eigenvalue weighted by Gasteiger charge is 2.30. The van der Waals surface area contributed by atoms with Crippen molar-refractivity contribution in [2.75, 3.05) is 5.32 Å². The second-order valence-corrected chi connectivity index (χ2v) is 5.54. The van der Waals surface area contributed by atoms with Crippen molar-refractivity contribution in [1.29, 1.82) is 0 Å². The van der Waals surface area contributed by atoms with E-state index in [1.54, 1.807) is 6.33 Å². The van der Waals surface area contributed by atoms with Gasteiger partial charge in [-0.1, -0.05) is 0 Å². The largest absolute Gasteiger partial charge is 0.365 e. The van der Waals surface area contributed by atoms with Gasteiger partial charge in [-0.15, -0.1) is 0 Å². The van der Waals surface area contributed by atoms with Crippen LogP contribution in [-0.4, -0.2) is 25.6 Å². The van der Waals surface area contributed by atoms with Gasteiger partial charge in [-0.3, -0.25) is 0 Å².